The van der Waals surface area contributed by atoms with Gasteiger partial charge in [-0.2, -0.15) is 12.6 Å². The Hall–Kier alpha value is -3.43. The van der Waals surface area contributed by atoms with E-state index in [0.717, 1.165) is 0 Å². The topological polar surface area (TPSA) is 228 Å². The molecule has 5 unspecified atom stereocenters. The van der Waals surface area contributed by atoms with Crippen LogP contribution in [0.5, 0.6) is 0 Å². The molecule has 0 bridgehead atoms. The summed E-state index contributed by atoms with van der Waals surface area (Å²) in [4.78, 5) is 62.5. The molecule has 0 aliphatic heterocycles. The number of carbonyl (C=O) groups excluding carboxylic acids is 3. The number of nitrogens with one attached hydrogen (secondary N) is 5. The van der Waals surface area contributed by atoms with E-state index in [9.17, 15) is 29.4 Å². The van der Waals surface area contributed by atoms with Crippen LogP contribution in [-0.4, -0.2) is 89.9 Å². The largest absolute Gasteiger partial charge is 0.480 e. The minimum atomic E-state index is -1.49. The van der Waals surface area contributed by atoms with Crippen LogP contribution in [0.25, 0.3) is 0 Å². The van der Waals surface area contributed by atoms with Crippen molar-refractivity contribution < 1.29 is 29.4 Å². The molecular formula is C19H28N8O6S. The van der Waals surface area contributed by atoms with Gasteiger partial charge in [0.25, 0.3) is 0 Å². The maximum absolute atomic E-state index is 12.7. The van der Waals surface area contributed by atoms with E-state index in [4.69, 9.17) is 5.73 Å². The number of imidazole rings is 2. The third kappa shape index (κ3) is 7.86. The molecule has 0 aliphatic carbocycles. The zero-order valence-electron chi connectivity index (χ0n) is 18.3. The van der Waals surface area contributed by atoms with Crippen LogP contribution in [0.1, 0.15) is 18.3 Å². The Bertz CT molecular complexity index is 952. The summed E-state index contributed by atoms with van der Waals surface area (Å²) in [5.74, 6) is -3.80. The molecule has 0 saturated carbocycles. The van der Waals surface area contributed by atoms with Crippen molar-refractivity contribution in [2.45, 2.75) is 50.0 Å². The number of aliphatic hydroxyl groups excluding tert-OH is 1. The van der Waals surface area contributed by atoms with Crippen molar-refractivity contribution in [2.75, 3.05) is 5.75 Å². The SMILES string of the molecule is CC(O)C(NC(=O)C(CS)NC(=O)C(N)Cc1cnc[nH]1)C(=O)NC(Cc1cnc[nH]1)C(=O)O. The summed E-state index contributed by atoms with van der Waals surface area (Å²) in [6, 6.07) is -4.98. The fourth-order valence-corrected chi connectivity index (χ4v) is 3.19. The van der Waals surface area contributed by atoms with Gasteiger partial charge in [0.1, 0.15) is 18.1 Å². The Morgan fingerprint density at radius 1 is 0.971 bits per heavy atom. The lowest BCUT2D eigenvalue weighted by Gasteiger charge is -2.26. The summed E-state index contributed by atoms with van der Waals surface area (Å²) in [5, 5.41) is 26.5. The third-order valence-electron chi connectivity index (χ3n) is 4.80. The highest BCUT2D eigenvalue weighted by atomic mass is 32.1. The fourth-order valence-electron chi connectivity index (χ4n) is 2.94. The zero-order chi connectivity index (χ0) is 25.3. The molecule has 0 radical (unpaired) electrons. The number of carbonyl (C=O) groups is 4. The van der Waals surface area contributed by atoms with Crippen LogP contribution in [-0.2, 0) is 32.0 Å². The number of hydrogen-bond acceptors (Lipinski definition) is 9. The smallest absolute Gasteiger partial charge is 0.326 e. The van der Waals surface area contributed by atoms with Gasteiger partial charge < -0.3 is 41.9 Å². The molecule has 0 spiro atoms. The summed E-state index contributed by atoms with van der Waals surface area (Å²) < 4.78 is 0. The summed E-state index contributed by atoms with van der Waals surface area (Å²) in [6.07, 6.45) is 4.41. The molecule has 34 heavy (non-hydrogen) atoms. The first kappa shape index (κ1) is 26.8. The van der Waals surface area contributed by atoms with Crippen LogP contribution in [0, 0.1) is 0 Å². The Morgan fingerprint density at radius 2 is 1.53 bits per heavy atom. The standard InChI is InChI=1S/C19H28N8O6S/c1-9(28)15(18(31)25-13(19(32)33)3-11-5-22-8-24-11)27-17(30)14(6-34)26-16(29)12(20)2-10-4-21-7-23-10/h4-5,7-9,12-15,28,34H,2-3,6,20H2,1H3,(H,21,23)(H,22,24)(H,25,31)(H,26,29)(H,27,30)(H,32,33). The molecule has 2 aromatic heterocycles. The third-order valence-corrected chi connectivity index (χ3v) is 5.17. The van der Waals surface area contributed by atoms with Crippen LogP contribution >= 0.6 is 12.6 Å². The number of hydrogen-bond donors (Lipinski definition) is 9. The van der Waals surface area contributed by atoms with E-state index in [2.05, 4.69) is 48.5 Å². The van der Waals surface area contributed by atoms with Crippen molar-refractivity contribution in [1.82, 2.24) is 35.9 Å². The lowest BCUT2D eigenvalue weighted by molar-refractivity contribution is -0.143. The van der Waals surface area contributed by atoms with E-state index in [1.807, 2.05) is 0 Å². The first-order valence-electron chi connectivity index (χ1n) is 10.2. The number of aromatic nitrogens is 4. The van der Waals surface area contributed by atoms with Crippen molar-refractivity contribution in [1.29, 1.82) is 0 Å². The molecule has 0 aromatic carbocycles. The summed E-state index contributed by atoms with van der Waals surface area (Å²) in [5.41, 5.74) is 6.96. The van der Waals surface area contributed by atoms with Gasteiger partial charge in [0.2, 0.25) is 17.7 Å². The highest BCUT2D eigenvalue weighted by Crippen LogP contribution is 2.03. The van der Waals surface area contributed by atoms with Gasteiger partial charge in [0, 0.05) is 42.4 Å². The first-order chi connectivity index (χ1) is 16.1. The molecule has 0 aliphatic rings. The second-order valence-electron chi connectivity index (χ2n) is 7.54. The number of carboxylic acid groups (broad SMARTS) is 1. The highest BCUT2D eigenvalue weighted by Gasteiger charge is 2.32. The van der Waals surface area contributed by atoms with Crippen molar-refractivity contribution in [2.24, 2.45) is 5.73 Å². The maximum atomic E-state index is 12.7. The average Bonchev–Trinajstić information content (AvgIpc) is 3.48. The molecule has 2 rings (SSSR count). The summed E-state index contributed by atoms with van der Waals surface area (Å²) in [7, 11) is 0. The lowest BCUT2D eigenvalue weighted by atomic mass is 10.1. The average molecular weight is 497 g/mol. The predicted molar refractivity (Wildman–Crippen MR) is 122 cm³/mol. The molecule has 5 atom stereocenters. The number of thiol groups is 1. The normalized spacial score (nSPS) is 15.4. The lowest BCUT2D eigenvalue weighted by Crippen LogP contribution is -2.60. The molecule has 0 saturated heterocycles. The van der Waals surface area contributed by atoms with Crippen molar-refractivity contribution in [3.05, 3.63) is 36.4 Å². The number of nitrogens with two attached hydrogens (primary N) is 1. The molecule has 15 heteroatoms. The van der Waals surface area contributed by atoms with Crippen LogP contribution in [0.15, 0.2) is 25.0 Å². The van der Waals surface area contributed by atoms with Crippen molar-refractivity contribution >= 4 is 36.3 Å². The van der Waals surface area contributed by atoms with Crippen molar-refractivity contribution in [3.63, 3.8) is 0 Å². The first-order valence-corrected chi connectivity index (χ1v) is 10.9. The molecular weight excluding hydrogens is 468 g/mol. The number of aliphatic hydroxyl groups is 1. The van der Waals surface area contributed by atoms with Crippen LogP contribution in [0.4, 0.5) is 0 Å². The highest BCUT2D eigenvalue weighted by molar-refractivity contribution is 7.80. The predicted octanol–water partition coefficient (Wildman–Crippen LogP) is -2.91. The van der Waals surface area contributed by atoms with E-state index in [0.29, 0.717) is 11.4 Å². The minimum Gasteiger partial charge on any atom is -0.480 e. The van der Waals surface area contributed by atoms with Gasteiger partial charge in [-0.3, -0.25) is 14.4 Å². The van der Waals surface area contributed by atoms with E-state index < -0.39 is 54.0 Å². The molecule has 14 nitrogen and oxygen atoms in total. The second-order valence-corrected chi connectivity index (χ2v) is 7.90. The quantitative estimate of drug-likeness (QED) is 0.129. The number of H-pyrrole nitrogens is 2. The van der Waals surface area contributed by atoms with Gasteiger partial charge in [0.15, 0.2) is 0 Å². The van der Waals surface area contributed by atoms with Gasteiger partial charge >= 0.3 is 5.97 Å². The number of rotatable bonds is 13. The maximum Gasteiger partial charge on any atom is 0.326 e. The Kier molecular flexibility index (Phi) is 10.0. The number of aliphatic carboxylic acids is 1. The van der Waals surface area contributed by atoms with Gasteiger partial charge in [-0.25, -0.2) is 14.8 Å². The number of amides is 3. The molecule has 2 heterocycles. The van der Waals surface area contributed by atoms with E-state index in [1.54, 1.807) is 0 Å². The number of aromatic amines is 2. The van der Waals surface area contributed by atoms with E-state index >= 15 is 0 Å². The zero-order valence-corrected chi connectivity index (χ0v) is 19.2. The van der Waals surface area contributed by atoms with Gasteiger partial charge in [-0.1, -0.05) is 0 Å². The van der Waals surface area contributed by atoms with Gasteiger partial charge in [0.05, 0.1) is 24.8 Å². The van der Waals surface area contributed by atoms with E-state index in [1.165, 1.54) is 32.0 Å². The second kappa shape index (κ2) is 12.7. The summed E-state index contributed by atoms with van der Waals surface area (Å²) in [6.45, 7) is 1.25. The molecule has 0 fully saturated rings. The summed E-state index contributed by atoms with van der Waals surface area (Å²) >= 11 is 4.06. The van der Waals surface area contributed by atoms with Crippen LogP contribution < -0.4 is 21.7 Å². The van der Waals surface area contributed by atoms with Crippen LogP contribution in [0.3, 0.4) is 0 Å². The van der Waals surface area contributed by atoms with Gasteiger partial charge in [-0.05, 0) is 6.92 Å². The molecule has 2 aromatic rings. The monoisotopic (exact) mass is 496 g/mol. The van der Waals surface area contributed by atoms with Gasteiger partial charge in [-0.15, -0.1) is 0 Å². The van der Waals surface area contributed by atoms with Crippen LogP contribution in [0.2, 0.25) is 0 Å². The minimum absolute atomic E-state index is 0.0922. The Morgan fingerprint density at radius 3 is 2.00 bits per heavy atom. The van der Waals surface area contributed by atoms with E-state index in [-0.39, 0.29) is 18.6 Å². The fraction of sp³-hybridized carbons (Fsp3) is 0.474. The number of carboxylic acids is 1. The Balaban J connectivity index is 1.99. The molecule has 3 amide bonds. The molecule has 186 valence electrons. The number of nitrogens with zero attached hydrogens (tertiary/aromatic N) is 2. The Labute approximate surface area is 199 Å². The molecule has 9 N–H and O–H groups in total. The van der Waals surface area contributed by atoms with Crippen molar-refractivity contribution in [3.8, 4) is 0 Å².